The van der Waals surface area contributed by atoms with Crippen molar-refractivity contribution in [3.05, 3.63) is 82.0 Å². The Morgan fingerprint density at radius 1 is 1.00 bits per heavy atom. The molecule has 0 radical (unpaired) electrons. The summed E-state index contributed by atoms with van der Waals surface area (Å²) in [6.07, 6.45) is 3.85. The number of nitrogens with zero attached hydrogens (tertiary/aromatic N) is 1. The summed E-state index contributed by atoms with van der Waals surface area (Å²) >= 11 is 1.50. The number of hydrogen-bond acceptors (Lipinski definition) is 5. The topological polar surface area (TPSA) is 67.9 Å². The SMILES string of the molecule is COc1ccc(C(=O)N(C2CCCC2)[C@@H](C(=O)NCc2ccccc2)c2cccs2)cc1OC. The zero-order valence-corrected chi connectivity index (χ0v) is 20.3. The first-order chi connectivity index (χ1) is 16.6. The fraction of sp³-hybridized carbons (Fsp3) is 0.333. The van der Waals surface area contributed by atoms with Gasteiger partial charge in [-0.1, -0.05) is 49.2 Å². The Balaban J connectivity index is 1.68. The largest absolute Gasteiger partial charge is 0.493 e. The van der Waals surface area contributed by atoms with Gasteiger partial charge in [-0.25, -0.2) is 0 Å². The van der Waals surface area contributed by atoms with Crippen LogP contribution in [0.1, 0.15) is 52.5 Å². The van der Waals surface area contributed by atoms with Gasteiger partial charge in [0.15, 0.2) is 11.5 Å². The lowest BCUT2D eigenvalue weighted by Gasteiger charge is -2.35. The molecule has 0 saturated heterocycles. The van der Waals surface area contributed by atoms with Crippen LogP contribution in [-0.4, -0.2) is 37.0 Å². The Kier molecular flexibility index (Phi) is 7.85. The van der Waals surface area contributed by atoms with Crippen molar-refractivity contribution in [2.24, 2.45) is 0 Å². The van der Waals surface area contributed by atoms with E-state index in [1.807, 2.05) is 47.8 Å². The highest BCUT2D eigenvalue weighted by Gasteiger charge is 2.38. The van der Waals surface area contributed by atoms with Crippen molar-refractivity contribution in [2.75, 3.05) is 14.2 Å². The van der Waals surface area contributed by atoms with Gasteiger partial charge in [0.25, 0.3) is 5.91 Å². The molecule has 0 unspecified atom stereocenters. The number of ether oxygens (including phenoxy) is 2. The summed E-state index contributed by atoms with van der Waals surface area (Å²) in [5, 5.41) is 5.01. The van der Waals surface area contributed by atoms with E-state index in [9.17, 15) is 9.59 Å². The van der Waals surface area contributed by atoms with E-state index in [0.29, 0.717) is 23.6 Å². The van der Waals surface area contributed by atoms with Crippen LogP contribution >= 0.6 is 11.3 Å². The summed E-state index contributed by atoms with van der Waals surface area (Å²) in [5.74, 6) is 0.691. The molecule has 1 heterocycles. The Labute approximate surface area is 204 Å². The number of benzene rings is 2. The van der Waals surface area contributed by atoms with Gasteiger partial charge in [-0.2, -0.15) is 0 Å². The number of methoxy groups -OCH3 is 2. The first-order valence-electron chi connectivity index (χ1n) is 11.5. The standard InChI is InChI=1S/C27H30N2O4S/c1-32-22-15-14-20(17-23(22)33-2)27(31)29(21-11-6-7-12-21)25(24-13-8-16-34-24)26(30)28-18-19-9-4-3-5-10-19/h3-5,8-10,13-17,21,25H,6-7,11-12,18H2,1-2H3,(H,28,30)/t25-/m1/s1. The summed E-state index contributed by atoms with van der Waals surface area (Å²) in [5.41, 5.74) is 1.49. The van der Waals surface area contributed by atoms with E-state index in [0.717, 1.165) is 36.1 Å². The molecule has 6 nitrogen and oxygen atoms in total. The monoisotopic (exact) mass is 478 g/mol. The van der Waals surface area contributed by atoms with Crippen LogP contribution in [-0.2, 0) is 11.3 Å². The zero-order valence-electron chi connectivity index (χ0n) is 19.5. The molecule has 1 aliphatic rings. The van der Waals surface area contributed by atoms with Crippen LogP contribution in [0.4, 0.5) is 0 Å². The van der Waals surface area contributed by atoms with Crippen LogP contribution in [0.2, 0.25) is 0 Å². The maximum absolute atomic E-state index is 14.0. The average Bonchev–Trinajstić information content (AvgIpc) is 3.60. The van der Waals surface area contributed by atoms with Gasteiger partial charge in [0, 0.05) is 23.0 Å². The molecule has 1 atom stereocenters. The van der Waals surface area contributed by atoms with Gasteiger partial charge in [-0.3, -0.25) is 9.59 Å². The van der Waals surface area contributed by atoms with Gasteiger partial charge in [0.05, 0.1) is 14.2 Å². The minimum atomic E-state index is -0.701. The molecule has 178 valence electrons. The maximum atomic E-state index is 14.0. The van der Waals surface area contributed by atoms with Gasteiger partial charge < -0.3 is 19.7 Å². The van der Waals surface area contributed by atoms with Crippen molar-refractivity contribution < 1.29 is 19.1 Å². The van der Waals surface area contributed by atoms with Crippen molar-refractivity contribution in [3.8, 4) is 11.5 Å². The summed E-state index contributed by atoms with van der Waals surface area (Å²) in [4.78, 5) is 30.2. The number of carbonyl (C=O) groups excluding carboxylic acids is 2. The molecule has 3 aromatic rings. The van der Waals surface area contributed by atoms with E-state index in [2.05, 4.69) is 5.32 Å². The fourth-order valence-electron chi connectivity index (χ4n) is 4.52. The highest BCUT2D eigenvalue weighted by Crippen LogP contribution is 2.36. The average molecular weight is 479 g/mol. The minimum Gasteiger partial charge on any atom is -0.493 e. The predicted molar refractivity (Wildman–Crippen MR) is 133 cm³/mol. The van der Waals surface area contributed by atoms with Crippen LogP contribution in [0.25, 0.3) is 0 Å². The minimum absolute atomic E-state index is 0.00447. The van der Waals surface area contributed by atoms with Gasteiger partial charge in [-0.05, 0) is 48.1 Å². The van der Waals surface area contributed by atoms with Gasteiger partial charge >= 0.3 is 0 Å². The van der Waals surface area contributed by atoms with Crippen LogP contribution in [0.15, 0.2) is 66.0 Å². The number of hydrogen-bond donors (Lipinski definition) is 1. The molecular weight excluding hydrogens is 448 g/mol. The van der Waals surface area contributed by atoms with Gasteiger partial charge in [0.2, 0.25) is 5.91 Å². The molecule has 0 aliphatic heterocycles. The number of rotatable bonds is 9. The Bertz CT molecular complexity index is 1100. The number of amides is 2. The molecule has 1 saturated carbocycles. The molecule has 0 bridgehead atoms. The molecule has 1 fully saturated rings. The van der Waals surface area contributed by atoms with E-state index in [1.165, 1.54) is 11.3 Å². The van der Waals surface area contributed by atoms with Crippen LogP contribution in [0.5, 0.6) is 11.5 Å². The highest BCUT2D eigenvalue weighted by atomic mass is 32.1. The third kappa shape index (κ3) is 5.25. The van der Waals surface area contributed by atoms with E-state index in [4.69, 9.17) is 9.47 Å². The van der Waals surface area contributed by atoms with Gasteiger partial charge in [-0.15, -0.1) is 11.3 Å². The van der Waals surface area contributed by atoms with Crippen molar-refractivity contribution in [1.29, 1.82) is 0 Å². The van der Waals surface area contributed by atoms with E-state index < -0.39 is 6.04 Å². The number of thiophene rings is 1. The third-order valence-corrected chi connectivity index (χ3v) is 7.16. The lowest BCUT2D eigenvalue weighted by molar-refractivity contribution is -0.126. The molecule has 34 heavy (non-hydrogen) atoms. The smallest absolute Gasteiger partial charge is 0.255 e. The molecular formula is C27H30N2O4S. The van der Waals surface area contributed by atoms with Crippen molar-refractivity contribution in [1.82, 2.24) is 10.2 Å². The Hall–Kier alpha value is -3.32. The second-order valence-electron chi connectivity index (χ2n) is 8.34. The molecule has 1 N–H and O–H groups in total. The summed E-state index contributed by atoms with van der Waals surface area (Å²) in [6, 6.07) is 18.1. The molecule has 1 aliphatic carbocycles. The predicted octanol–water partition coefficient (Wildman–Crippen LogP) is 5.21. The molecule has 1 aromatic heterocycles. The second-order valence-corrected chi connectivity index (χ2v) is 9.32. The zero-order chi connectivity index (χ0) is 23.9. The van der Waals surface area contributed by atoms with E-state index in [1.54, 1.807) is 37.3 Å². The van der Waals surface area contributed by atoms with E-state index in [-0.39, 0.29) is 17.9 Å². The number of carbonyl (C=O) groups is 2. The van der Waals surface area contributed by atoms with E-state index >= 15 is 0 Å². The summed E-state index contributed by atoms with van der Waals surface area (Å²) < 4.78 is 10.8. The molecule has 7 heteroatoms. The molecule has 2 amide bonds. The van der Waals surface area contributed by atoms with Gasteiger partial charge in [0.1, 0.15) is 6.04 Å². The van der Waals surface area contributed by atoms with Crippen LogP contribution < -0.4 is 14.8 Å². The van der Waals surface area contributed by atoms with Crippen molar-refractivity contribution in [2.45, 2.75) is 44.3 Å². The molecule has 2 aromatic carbocycles. The first-order valence-corrected chi connectivity index (χ1v) is 12.4. The Morgan fingerprint density at radius 2 is 1.74 bits per heavy atom. The highest BCUT2D eigenvalue weighted by molar-refractivity contribution is 7.10. The van der Waals surface area contributed by atoms with Crippen LogP contribution in [0.3, 0.4) is 0 Å². The third-order valence-electron chi connectivity index (χ3n) is 6.23. The Morgan fingerprint density at radius 3 is 2.38 bits per heavy atom. The first kappa shape index (κ1) is 23.8. The molecule has 4 rings (SSSR count). The van der Waals surface area contributed by atoms with Crippen LogP contribution in [0, 0.1) is 0 Å². The second kappa shape index (κ2) is 11.2. The number of nitrogens with one attached hydrogen (secondary N) is 1. The summed E-state index contributed by atoms with van der Waals surface area (Å²) in [6.45, 7) is 0.407. The normalized spacial score (nSPS) is 14.4. The summed E-state index contributed by atoms with van der Waals surface area (Å²) in [7, 11) is 3.11. The van der Waals surface area contributed by atoms with Crippen molar-refractivity contribution >= 4 is 23.2 Å². The van der Waals surface area contributed by atoms with Crippen molar-refractivity contribution in [3.63, 3.8) is 0 Å². The lowest BCUT2D eigenvalue weighted by atomic mass is 10.0. The fourth-order valence-corrected chi connectivity index (χ4v) is 5.34. The molecule has 0 spiro atoms. The maximum Gasteiger partial charge on any atom is 0.255 e. The quantitative estimate of drug-likeness (QED) is 0.459. The lowest BCUT2D eigenvalue weighted by Crippen LogP contribution is -2.47.